The average molecular weight is 133 g/mol. The molecule has 51 valence electrons. The summed E-state index contributed by atoms with van der Waals surface area (Å²) in [6.45, 7) is 3.89. The van der Waals surface area contributed by atoms with Gasteiger partial charge in [0.25, 0.3) is 0 Å². The molecular formula is C8H9N2. The van der Waals surface area contributed by atoms with E-state index < -0.39 is 0 Å². The summed E-state index contributed by atoms with van der Waals surface area (Å²) in [6.07, 6.45) is 6.10. The van der Waals surface area contributed by atoms with Crippen molar-refractivity contribution in [3.05, 3.63) is 11.3 Å². The summed E-state index contributed by atoms with van der Waals surface area (Å²) in [6, 6.07) is 0. The Kier molecular flexibility index (Phi) is 1.77. The first-order valence-electron chi connectivity index (χ1n) is 3.25. The van der Waals surface area contributed by atoms with E-state index in [1.807, 2.05) is 13.8 Å². The van der Waals surface area contributed by atoms with Gasteiger partial charge in [-0.3, -0.25) is 0 Å². The molecule has 0 atom stereocenters. The van der Waals surface area contributed by atoms with Crippen LogP contribution in [-0.4, -0.2) is 5.71 Å². The van der Waals surface area contributed by atoms with Gasteiger partial charge in [0, 0.05) is 0 Å². The number of terminal acetylenes is 1. The number of rotatable bonds is 1. The van der Waals surface area contributed by atoms with Gasteiger partial charge in [-0.1, -0.05) is 12.8 Å². The molecule has 0 N–H and O–H groups in total. The van der Waals surface area contributed by atoms with Crippen molar-refractivity contribution in [2.75, 3.05) is 0 Å². The lowest BCUT2D eigenvalue weighted by Crippen LogP contribution is -1.93. The van der Waals surface area contributed by atoms with Crippen molar-refractivity contribution in [2.45, 2.75) is 20.3 Å². The molecule has 0 unspecified atom stereocenters. The topological polar surface area (TPSA) is 26.5 Å². The van der Waals surface area contributed by atoms with Gasteiger partial charge in [-0.15, -0.1) is 6.42 Å². The molecule has 0 amide bonds. The molecule has 0 aliphatic carbocycles. The minimum absolute atomic E-state index is 0.861. The number of hydrogen-bond acceptors (Lipinski definition) is 1. The third-order valence-electron chi connectivity index (χ3n) is 1.45. The minimum atomic E-state index is 0.861. The molecule has 0 spiro atoms. The SMILES string of the molecule is C#CC1=C(CC)[N]N=C1C. The van der Waals surface area contributed by atoms with Crippen molar-refractivity contribution in [3.8, 4) is 12.3 Å². The maximum Gasteiger partial charge on any atom is 0.0803 e. The van der Waals surface area contributed by atoms with Crippen molar-refractivity contribution < 1.29 is 0 Å². The normalized spacial score (nSPS) is 16.3. The second-order valence-corrected chi connectivity index (χ2v) is 2.10. The molecule has 0 aromatic heterocycles. The molecular weight excluding hydrogens is 124 g/mol. The van der Waals surface area contributed by atoms with Crippen molar-refractivity contribution in [1.82, 2.24) is 5.43 Å². The highest BCUT2D eigenvalue weighted by atomic mass is 15.3. The lowest BCUT2D eigenvalue weighted by atomic mass is 10.1. The van der Waals surface area contributed by atoms with Gasteiger partial charge in [0.1, 0.15) is 0 Å². The highest BCUT2D eigenvalue weighted by Crippen LogP contribution is 2.13. The molecule has 1 aliphatic rings. The Hall–Kier alpha value is -1.23. The third-order valence-corrected chi connectivity index (χ3v) is 1.45. The Morgan fingerprint density at radius 1 is 1.60 bits per heavy atom. The van der Waals surface area contributed by atoms with E-state index in [-0.39, 0.29) is 0 Å². The Balaban J connectivity index is 2.95. The Morgan fingerprint density at radius 3 is 2.70 bits per heavy atom. The van der Waals surface area contributed by atoms with Crippen LogP contribution in [0.3, 0.4) is 0 Å². The molecule has 1 radical (unpaired) electrons. The zero-order valence-corrected chi connectivity index (χ0v) is 6.18. The zero-order chi connectivity index (χ0) is 7.56. The van der Waals surface area contributed by atoms with Gasteiger partial charge in [0.2, 0.25) is 0 Å². The van der Waals surface area contributed by atoms with Crippen LogP contribution >= 0.6 is 0 Å². The van der Waals surface area contributed by atoms with Crippen LogP contribution in [0.5, 0.6) is 0 Å². The summed E-state index contributed by atoms with van der Waals surface area (Å²) in [5, 5.41) is 3.87. The summed E-state index contributed by atoms with van der Waals surface area (Å²) in [5.41, 5.74) is 6.57. The molecule has 0 fully saturated rings. The first-order chi connectivity index (χ1) is 4.79. The van der Waals surface area contributed by atoms with Crippen LogP contribution in [0.4, 0.5) is 0 Å². The molecule has 2 heteroatoms. The summed E-state index contributed by atoms with van der Waals surface area (Å²) in [7, 11) is 0. The summed E-state index contributed by atoms with van der Waals surface area (Å²) in [4.78, 5) is 0. The van der Waals surface area contributed by atoms with E-state index in [9.17, 15) is 0 Å². The van der Waals surface area contributed by atoms with Crippen LogP contribution in [0.2, 0.25) is 0 Å². The third kappa shape index (κ3) is 0.906. The second kappa shape index (κ2) is 2.57. The lowest BCUT2D eigenvalue weighted by molar-refractivity contribution is 0.834. The first kappa shape index (κ1) is 6.88. The van der Waals surface area contributed by atoms with E-state index in [4.69, 9.17) is 6.42 Å². The van der Waals surface area contributed by atoms with Crippen molar-refractivity contribution in [2.24, 2.45) is 5.10 Å². The maximum atomic E-state index is 5.24. The van der Waals surface area contributed by atoms with E-state index in [0.29, 0.717) is 0 Å². The Bertz CT molecular complexity index is 240. The summed E-state index contributed by atoms with van der Waals surface area (Å²) >= 11 is 0. The van der Waals surface area contributed by atoms with E-state index in [0.717, 1.165) is 23.4 Å². The predicted molar refractivity (Wildman–Crippen MR) is 41.4 cm³/mol. The number of allylic oxidation sites excluding steroid dienone is 2. The minimum Gasteiger partial charge on any atom is -0.154 e. The smallest absolute Gasteiger partial charge is 0.0803 e. The largest absolute Gasteiger partial charge is 0.154 e. The van der Waals surface area contributed by atoms with Crippen LogP contribution in [-0.2, 0) is 0 Å². The molecule has 0 saturated carbocycles. The number of hydrogen-bond donors (Lipinski definition) is 0. The molecule has 1 heterocycles. The van der Waals surface area contributed by atoms with Crippen molar-refractivity contribution in [3.63, 3.8) is 0 Å². The fraction of sp³-hybridized carbons (Fsp3) is 0.375. The van der Waals surface area contributed by atoms with Crippen LogP contribution in [0.1, 0.15) is 20.3 Å². The average Bonchev–Trinajstić information content (AvgIpc) is 2.30. The van der Waals surface area contributed by atoms with E-state index in [1.54, 1.807) is 0 Å². The highest BCUT2D eigenvalue weighted by Gasteiger charge is 2.13. The van der Waals surface area contributed by atoms with Gasteiger partial charge < -0.3 is 0 Å². The quantitative estimate of drug-likeness (QED) is 0.482. The van der Waals surface area contributed by atoms with Crippen LogP contribution in [0.25, 0.3) is 0 Å². The molecule has 1 rings (SSSR count). The van der Waals surface area contributed by atoms with Crippen LogP contribution in [0.15, 0.2) is 16.4 Å². The van der Waals surface area contributed by atoms with Crippen LogP contribution in [0, 0.1) is 12.3 Å². The van der Waals surface area contributed by atoms with E-state index in [2.05, 4.69) is 16.4 Å². The summed E-state index contributed by atoms with van der Waals surface area (Å²) < 4.78 is 0. The predicted octanol–water partition coefficient (Wildman–Crippen LogP) is 1.28. The molecule has 0 aromatic carbocycles. The fourth-order valence-corrected chi connectivity index (χ4v) is 0.879. The molecule has 0 bridgehead atoms. The molecule has 10 heavy (non-hydrogen) atoms. The molecule has 0 aromatic rings. The van der Waals surface area contributed by atoms with Gasteiger partial charge in [0.05, 0.1) is 17.0 Å². The van der Waals surface area contributed by atoms with Crippen LogP contribution < -0.4 is 5.43 Å². The van der Waals surface area contributed by atoms with Gasteiger partial charge in [0.15, 0.2) is 0 Å². The molecule has 0 saturated heterocycles. The molecule has 1 aliphatic heterocycles. The highest BCUT2D eigenvalue weighted by molar-refractivity contribution is 6.03. The standard InChI is InChI=1S/C8H9N2/c1-4-7-6(3)9-10-8(7)5-2/h1H,5H2,2-3H3. The van der Waals surface area contributed by atoms with E-state index >= 15 is 0 Å². The summed E-state index contributed by atoms with van der Waals surface area (Å²) in [5.74, 6) is 2.57. The Labute approximate surface area is 61.0 Å². The Morgan fingerprint density at radius 2 is 2.30 bits per heavy atom. The second-order valence-electron chi connectivity index (χ2n) is 2.10. The monoisotopic (exact) mass is 133 g/mol. The lowest BCUT2D eigenvalue weighted by Gasteiger charge is -1.92. The van der Waals surface area contributed by atoms with Crippen molar-refractivity contribution >= 4 is 5.71 Å². The van der Waals surface area contributed by atoms with E-state index in [1.165, 1.54) is 0 Å². The maximum absolute atomic E-state index is 5.24. The van der Waals surface area contributed by atoms with Gasteiger partial charge in [-0.2, -0.15) is 10.5 Å². The van der Waals surface area contributed by atoms with Gasteiger partial charge in [-0.25, -0.2) is 0 Å². The van der Waals surface area contributed by atoms with Crippen molar-refractivity contribution in [1.29, 1.82) is 0 Å². The molecule has 2 nitrogen and oxygen atoms in total. The fourth-order valence-electron chi connectivity index (χ4n) is 0.879. The van der Waals surface area contributed by atoms with Gasteiger partial charge in [-0.05, 0) is 13.3 Å². The first-order valence-corrected chi connectivity index (χ1v) is 3.25. The van der Waals surface area contributed by atoms with Gasteiger partial charge >= 0.3 is 0 Å². The number of nitrogens with zero attached hydrogens (tertiary/aromatic N) is 2. The zero-order valence-electron chi connectivity index (χ0n) is 6.18.